The fourth-order valence-corrected chi connectivity index (χ4v) is 2.93. The molecular formula is C11H9Br2ClF3NO. The molecule has 0 saturated carbocycles. The third-order valence-electron chi connectivity index (χ3n) is 2.12. The summed E-state index contributed by atoms with van der Waals surface area (Å²) in [7, 11) is 0. The molecular weight excluding hydrogens is 414 g/mol. The van der Waals surface area contributed by atoms with E-state index in [1.807, 2.05) is 0 Å². The van der Waals surface area contributed by atoms with Gasteiger partial charge in [0.1, 0.15) is 6.54 Å². The minimum Gasteiger partial charge on any atom is -0.328 e. The Morgan fingerprint density at radius 1 is 1.21 bits per heavy atom. The molecule has 0 fully saturated rings. The Morgan fingerprint density at radius 2 is 1.74 bits per heavy atom. The van der Waals surface area contributed by atoms with Gasteiger partial charge in [-0.15, -0.1) is 11.6 Å². The lowest BCUT2D eigenvalue weighted by Crippen LogP contribution is -2.40. The summed E-state index contributed by atoms with van der Waals surface area (Å²) in [6.07, 6.45) is -4.45. The third-order valence-corrected chi connectivity index (χ3v) is 3.21. The first-order valence-corrected chi connectivity index (χ1v) is 7.23. The molecule has 2 nitrogen and oxygen atoms in total. The molecule has 0 bridgehead atoms. The number of alkyl halides is 4. The topological polar surface area (TPSA) is 20.3 Å². The number of hydrogen-bond acceptors (Lipinski definition) is 1. The number of rotatable bonds is 4. The van der Waals surface area contributed by atoms with E-state index in [1.165, 1.54) is 12.1 Å². The van der Waals surface area contributed by atoms with E-state index in [4.69, 9.17) is 11.6 Å². The van der Waals surface area contributed by atoms with Crippen LogP contribution in [0.3, 0.4) is 0 Å². The van der Waals surface area contributed by atoms with Gasteiger partial charge >= 0.3 is 6.18 Å². The van der Waals surface area contributed by atoms with E-state index in [9.17, 15) is 18.0 Å². The Morgan fingerprint density at radius 3 is 2.16 bits per heavy atom. The van der Waals surface area contributed by atoms with Crippen LogP contribution in [0.1, 0.15) is 10.4 Å². The van der Waals surface area contributed by atoms with Crippen LogP contribution in [0.2, 0.25) is 0 Å². The van der Waals surface area contributed by atoms with Crippen LogP contribution in [0, 0.1) is 0 Å². The van der Waals surface area contributed by atoms with Crippen molar-refractivity contribution >= 4 is 49.4 Å². The average molecular weight is 423 g/mol. The highest BCUT2D eigenvalue weighted by molar-refractivity contribution is 9.11. The van der Waals surface area contributed by atoms with Gasteiger partial charge in [0.25, 0.3) is 5.91 Å². The molecule has 0 unspecified atom stereocenters. The predicted octanol–water partition coefficient (Wildman–Crippen LogP) is 4.45. The lowest BCUT2D eigenvalue weighted by atomic mass is 10.2. The summed E-state index contributed by atoms with van der Waals surface area (Å²) in [6.45, 7) is -1.48. The summed E-state index contributed by atoms with van der Waals surface area (Å²) < 4.78 is 38.4. The quantitative estimate of drug-likeness (QED) is 0.655. The number of halogens is 6. The number of carbonyl (C=O) groups is 1. The molecule has 0 radical (unpaired) electrons. The van der Waals surface area contributed by atoms with Crippen LogP contribution in [0.5, 0.6) is 0 Å². The number of hydrogen-bond donors (Lipinski definition) is 0. The average Bonchev–Trinajstić information content (AvgIpc) is 2.24. The maximum absolute atomic E-state index is 12.4. The first kappa shape index (κ1) is 16.8. The number of carbonyl (C=O) groups excluding carboxylic acids is 1. The molecule has 0 aliphatic rings. The van der Waals surface area contributed by atoms with Crippen LogP contribution in [-0.2, 0) is 0 Å². The fraction of sp³-hybridized carbons (Fsp3) is 0.364. The Bertz CT molecular complexity index is 447. The molecule has 1 aromatic rings. The van der Waals surface area contributed by atoms with Crippen molar-refractivity contribution < 1.29 is 18.0 Å². The van der Waals surface area contributed by atoms with Crippen LogP contribution in [-0.4, -0.2) is 36.0 Å². The minimum absolute atomic E-state index is 0.0585. The van der Waals surface area contributed by atoms with E-state index in [0.717, 1.165) is 0 Å². The predicted molar refractivity (Wildman–Crippen MR) is 74.5 cm³/mol. The summed E-state index contributed by atoms with van der Waals surface area (Å²) in [5.41, 5.74) is 0.163. The SMILES string of the molecule is O=C(c1cc(Br)cc(Br)c1)N(CCCl)CC(F)(F)F. The summed E-state index contributed by atoms with van der Waals surface area (Å²) >= 11 is 11.8. The van der Waals surface area contributed by atoms with E-state index in [2.05, 4.69) is 31.9 Å². The van der Waals surface area contributed by atoms with Gasteiger partial charge < -0.3 is 4.90 Å². The van der Waals surface area contributed by atoms with Crippen molar-refractivity contribution in [2.24, 2.45) is 0 Å². The van der Waals surface area contributed by atoms with Crippen molar-refractivity contribution in [1.29, 1.82) is 0 Å². The number of benzene rings is 1. The van der Waals surface area contributed by atoms with Crippen molar-refractivity contribution in [1.82, 2.24) is 4.90 Å². The van der Waals surface area contributed by atoms with E-state index in [0.29, 0.717) is 13.8 Å². The molecule has 0 spiro atoms. The lowest BCUT2D eigenvalue weighted by Gasteiger charge is -2.23. The zero-order valence-corrected chi connectivity index (χ0v) is 13.4. The van der Waals surface area contributed by atoms with Gasteiger partial charge in [-0.05, 0) is 18.2 Å². The van der Waals surface area contributed by atoms with Gasteiger partial charge in [0.2, 0.25) is 0 Å². The molecule has 0 aliphatic carbocycles. The van der Waals surface area contributed by atoms with Gasteiger partial charge in [0, 0.05) is 26.9 Å². The van der Waals surface area contributed by atoms with E-state index in [-0.39, 0.29) is 18.0 Å². The molecule has 0 aromatic heterocycles. The summed E-state index contributed by atoms with van der Waals surface area (Å²) in [4.78, 5) is 12.7. The lowest BCUT2D eigenvalue weighted by molar-refractivity contribution is -0.140. The van der Waals surface area contributed by atoms with Gasteiger partial charge in [-0.3, -0.25) is 4.79 Å². The van der Waals surface area contributed by atoms with Crippen molar-refractivity contribution in [3.63, 3.8) is 0 Å². The Balaban J connectivity index is 2.98. The van der Waals surface area contributed by atoms with Crippen molar-refractivity contribution in [2.45, 2.75) is 6.18 Å². The number of nitrogens with zero attached hydrogens (tertiary/aromatic N) is 1. The van der Waals surface area contributed by atoms with Gasteiger partial charge in [0.15, 0.2) is 0 Å². The van der Waals surface area contributed by atoms with Gasteiger partial charge in [-0.2, -0.15) is 13.2 Å². The number of amides is 1. The Hall–Kier alpha value is -0.270. The standard InChI is InChI=1S/C11H9Br2ClF3NO/c12-8-3-7(4-9(13)5-8)10(19)18(2-1-14)6-11(15,16)17/h3-5H,1-2,6H2. The summed E-state index contributed by atoms with van der Waals surface area (Å²) in [5.74, 6) is -0.767. The minimum atomic E-state index is -4.45. The highest BCUT2D eigenvalue weighted by Gasteiger charge is 2.33. The fourth-order valence-electron chi connectivity index (χ4n) is 1.43. The van der Waals surface area contributed by atoms with Crippen LogP contribution in [0.4, 0.5) is 13.2 Å². The largest absolute Gasteiger partial charge is 0.406 e. The molecule has 0 aliphatic heterocycles. The second-order valence-electron chi connectivity index (χ2n) is 3.69. The van der Waals surface area contributed by atoms with Crippen molar-refractivity contribution in [3.8, 4) is 0 Å². The van der Waals surface area contributed by atoms with Crippen molar-refractivity contribution in [2.75, 3.05) is 19.0 Å². The molecule has 19 heavy (non-hydrogen) atoms. The van der Waals surface area contributed by atoms with Gasteiger partial charge in [-0.1, -0.05) is 31.9 Å². The third kappa shape index (κ3) is 5.71. The monoisotopic (exact) mass is 421 g/mol. The Labute approximate surface area is 130 Å². The van der Waals surface area contributed by atoms with Crippen LogP contribution >= 0.6 is 43.5 Å². The molecule has 0 N–H and O–H groups in total. The second kappa shape index (κ2) is 6.95. The van der Waals surface area contributed by atoms with Crippen LogP contribution < -0.4 is 0 Å². The second-order valence-corrected chi connectivity index (χ2v) is 5.90. The highest BCUT2D eigenvalue weighted by Crippen LogP contribution is 2.23. The first-order valence-electron chi connectivity index (χ1n) is 5.11. The highest BCUT2D eigenvalue weighted by atomic mass is 79.9. The van der Waals surface area contributed by atoms with E-state index >= 15 is 0 Å². The van der Waals surface area contributed by atoms with Crippen LogP contribution in [0.15, 0.2) is 27.1 Å². The van der Waals surface area contributed by atoms with E-state index in [1.54, 1.807) is 6.07 Å². The smallest absolute Gasteiger partial charge is 0.328 e. The summed E-state index contributed by atoms with van der Waals surface area (Å²) in [6, 6.07) is 4.61. The molecule has 1 rings (SSSR count). The zero-order valence-electron chi connectivity index (χ0n) is 9.48. The molecule has 1 amide bonds. The first-order chi connectivity index (χ1) is 8.73. The molecule has 106 valence electrons. The van der Waals surface area contributed by atoms with Crippen LogP contribution in [0.25, 0.3) is 0 Å². The van der Waals surface area contributed by atoms with Crippen molar-refractivity contribution in [3.05, 3.63) is 32.7 Å². The van der Waals surface area contributed by atoms with Gasteiger partial charge in [0.05, 0.1) is 0 Å². The summed E-state index contributed by atoms with van der Waals surface area (Å²) in [5, 5.41) is 0. The molecule has 8 heteroatoms. The molecule has 0 atom stereocenters. The normalized spacial score (nSPS) is 11.5. The van der Waals surface area contributed by atoms with Gasteiger partial charge in [-0.25, -0.2) is 0 Å². The maximum atomic E-state index is 12.4. The zero-order chi connectivity index (χ0) is 14.6. The Kier molecular flexibility index (Phi) is 6.14. The molecule has 0 heterocycles. The molecule has 1 aromatic carbocycles. The van der Waals surface area contributed by atoms with E-state index < -0.39 is 18.6 Å². The maximum Gasteiger partial charge on any atom is 0.406 e. The molecule has 0 saturated heterocycles.